The molecule has 10 aromatic rings. The van der Waals surface area contributed by atoms with Gasteiger partial charge in [-0.3, -0.25) is 0 Å². The molecule has 0 atom stereocenters. The van der Waals surface area contributed by atoms with E-state index in [1.807, 2.05) is 18.2 Å². The van der Waals surface area contributed by atoms with Crippen LogP contribution in [0.25, 0.3) is 100 Å². The molecule has 5 nitrogen and oxygen atoms in total. The molecule has 0 N–H and O–H groups in total. The van der Waals surface area contributed by atoms with Crippen LogP contribution in [0.3, 0.4) is 0 Å². The van der Waals surface area contributed by atoms with Crippen LogP contribution in [-0.4, -0.2) is 19.5 Å². The van der Waals surface area contributed by atoms with Crippen molar-refractivity contribution in [2.24, 2.45) is 0 Å². The molecule has 5 heteroatoms. The Hall–Kier alpha value is -7.37. The van der Waals surface area contributed by atoms with Crippen molar-refractivity contribution in [3.63, 3.8) is 0 Å². The Kier molecular flexibility index (Phi) is 7.56. The molecule has 0 bridgehead atoms. The average Bonchev–Trinajstić information content (AvgIpc) is 3.82. The van der Waals surface area contributed by atoms with Gasteiger partial charge in [-0.15, -0.1) is 0 Å². The molecule has 0 saturated heterocycles. The molecule has 7 aromatic carbocycles. The molecule has 0 aliphatic heterocycles. The Bertz CT molecular complexity index is 3200. The highest BCUT2D eigenvalue weighted by Gasteiger charge is 2.20. The van der Waals surface area contributed by atoms with Gasteiger partial charge in [0.1, 0.15) is 11.2 Å². The van der Waals surface area contributed by atoms with E-state index in [1.54, 1.807) is 0 Å². The number of aromatic nitrogens is 4. The van der Waals surface area contributed by atoms with E-state index in [1.165, 1.54) is 10.8 Å². The van der Waals surface area contributed by atoms with E-state index in [0.29, 0.717) is 17.5 Å². The second-order valence-corrected chi connectivity index (χ2v) is 14.3. The second kappa shape index (κ2) is 13.2. The van der Waals surface area contributed by atoms with Crippen molar-refractivity contribution >= 4 is 49.3 Å². The lowest BCUT2D eigenvalue weighted by molar-refractivity contribution is 0.669. The van der Waals surface area contributed by atoms with Crippen molar-refractivity contribution in [3.8, 4) is 50.7 Å². The molecule has 0 unspecified atom stereocenters. The molecule has 264 valence electrons. The lowest BCUT2D eigenvalue weighted by atomic mass is 10.0. The summed E-state index contributed by atoms with van der Waals surface area (Å²) >= 11 is 0. The number of rotatable bonds is 6. The summed E-state index contributed by atoms with van der Waals surface area (Å²) in [5.41, 5.74) is 12.5. The number of fused-ring (bicyclic) bond motifs is 6. The maximum atomic E-state index is 6.15. The van der Waals surface area contributed by atoms with Gasteiger partial charge in [0.2, 0.25) is 0 Å². The van der Waals surface area contributed by atoms with E-state index in [9.17, 15) is 0 Å². The molecule has 3 aromatic heterocycles. The van der Waals surface area contributed by atoms with Crippen LogP contribution in [0.15, 0.2) is 186 Å². The molecule has 56 heavy (non-hydrogen) atoms. The van der Waals surface area contributed by atoms with Crippen molar-refractivity contribution < 1.29 is 4.42 Å². The fourth-order valence-corrected chi connectivity index (χ4v) is 8.18. The molecule has 0 amide bonds. The van der Waals surface area contributed by atoms with Crippen LogP contribution in [-0.2, 0) is 0 Å². The standard InChI is InChI=1S/C51H34N4O/c1-3-14-33(15-4-1)35-18-13-19-38(30-35)50-52-49(34-16-5-2-6-17-34)53-51(54-50)41-22-8-11-24-45(41)55-44-23-10-7-20-39(44)42-31-36(26-28-46(42)55)37-27-29-48-43(32-37)40-21-9-12-25-47(40)56-48/h1,3-5,7-32H,2,6H2. The van der Waals surface area contributed by atoms with Gasteiger partial charge in [0, 0.05) is 38.2 Å². The van der Waals surface area contributed by atoms with Gasteiger partial charge in [-0.05, 0) is 89.7 Å². The van der Waals surface area contributed by atoms with Crippen LogP contribution < -0.4 is 0 Å². The minimum Gasteiger partial charge on any atom is -0.456 e. The highest BCUT2D eigenvalue weighted by molar-refractivity contribution is 6.11. The number of hydrogen-bond acceptors (Lipinski definition) is 4. The van der Waals surface area contributed by atoms with Gasteiger partial charge >= 0.3 is 0 Å². The van der Waals surface area contributed by atoms with Gasteiger partial charge in [-0.25, -0.2) is 15.0 Å². The van der Waals surface area contributed by atoms with Gasteiger partial charge in [-0.1, -0.05) is 127 Å². The normalized spacial score (nSPS) is 12.9. The van der Waals surface area contributed by atoms with Gasteiger partial charge in [-0.2, -0.15) is 0 Å². The lowest BCUT2D eigenvalue weighted by Crippen LogP contribution is -2.05. The Morgan fingerprint density at radius 1 is 0.429 bits per heavy atom. The van der Waals surface area contributed by atoms with Crippen LogP contribution in [0, 0.1) is 0 Å². The van der Waals surface area contributed by atoms with Crippen LogP contribution in [0.5, 0.6) is 0 Å². The number of furan rings is 1. The van der Waals surface area contributed by atoms with E-state index in [0.717, 1.165) is 90.5 Å². The Labute approximate surface area is 323 Å². The minimum atomic E-state index is 0.633. The van der Waals surface area contributed by atoms with Crippen LogP contribution in [0.1, 0.15) is 18.7 Å². The summed E-state index contributed by atoms with van der Waals surface area (Å²) in [6, 6.07) is 57.5. The summed E-state index contributed by atoms with van der Waals surface area (Å²) in [7, 11) is 0. The summed E-state index contributed by atoms with van der Waals surface area (Å²) in [5.74, 6) is 1.95. The van der Waals surface area contributed by atoms with Crippen LogP contribution in [0.4, 0.5) is 0 Å². The van der Waals surface area contributed by atoms with Crippen LogP contribution in [0.2, 0.25) is 0 Å². The van der Waals surface area contributed by atoms with Gasteiger partial charge in [0.15, 0.2) is 17.5 Å². The van der Waals surface area contributed by atoms with E-state index in [2.05, 4.69) is 168 Å². The molecule has 0 fully saturated rings. The molecule has 0 spiro atoms. The highest BCUT2D eigenvalue weighted by Crippen LogP contribution is 2.39. The van der Waals surface area contributed by atoms with Crippen molar-refractivity contribution in [2.75, 3.05) is 0 Å². The summed E-state index contributed by atoms with van der Waals surface area (Å²) in [6.45, 7) is 0. The predicted molar refractivity (Wildman–Crippen MR) is 230 cm³/mol. The second-order valence-electron chi connectivity index (χ2n) is 14.3. The van der Waals surface area contributed by atoms with E-state index < -0.39 is 0 Å². The van der Waals surface area contributed by atoms with Gasteiger partial charge in [0.05, 0.1) is 16.7 Å². The van der Waals surface area contributed by atoms with Crippen molar-refractivity contribution in [1.29, 1.82) is 0 Å². The zero-order chi connectivity index (χ0) is 37.0. The highest BCUT2D eigenvalue weighted by atomic mass is 16.3. The predicted octanol–water partition coefficient (Wildman–Crippen LogP) is 13.3. The summed E-state index contributed by atoms with van der Waals surface area (Å²) in [6.07, 6.45) is 8.53. The monoisotopic (exact) mass is 718 g/mol. The maximum absolute atomic E-state index is 6.15. The first-order valence-corrected chi connectivity index (χ1v) is 19.1. The fraction of sp³-hybridized carbons (Fsp3) is 0.0392. The smallest absolute Gasteiger partial charge is 0.166 e. The molecular weight excluding hydrogens is 685 g/mol. The zero-order valence-electron chi connectivity index (χ0n) is 30.4. The number of para-hydroxylation sites is 3. The quantitative estimate of drug-likeness (QED) is 0.172. The topological polar surface area (TPSA) is 56.7 Å². The number of allylic oxidation sites excluding steroid dienone is 4. The fourth-order valence-electron chi connectivity index (χ4n) is 8.18. The Morgan fingerprint density at radius 2 is 1.09 bits per heavy atom. The third kappa shape index (κ3) is 5.44. The minimum absolute atomic E-state index is 0.633. The van der Waals surface area contributed by atoms with E-state index >= 15 is 0 Å². The molecule has 1 aliphatic rings. The molecule has 1 aliphatic carbocycles. The SMILES string of the molecule is C1=CC(c2nc(-c3cccc(-c4ccccc4)c3)nc(-c3ccccc3-n3c4ccccc4c4cc(-c5ccc6oc7ccccc7c6c5)ccc43)n2)=CCC1. The summed E-state index contributed by atoms with van der Waals surface area (Å²) < 4.78 is 8.50. The Morgan fingerprint density at radius 3 is 1.98 bits per heavy atom. The van der Waals surface area contributed by atoms with Crippen molar-refractivity contribution in [3.05, 3.63) is 188 Å². The Balaban J connectivity index is 1.08. The van der Waals surface area contributed by atoms with Gasteiger partial charge < -0.3 is 8.98 Å². The third-order valence-electron chi connectivity index (χ3n) is 10.9. The lowest BCUT2D eigenvalue weighted by Gasteiger charge is -2.15. The molecule has 3 heterocycles. The number of nitrogens with zero attached hydrogens (tertiary/aromatic N) is 4. The molecule has 11 rings (SSSR count). The van der Waals surface area contributed by atoms with Gasteiger partial charge in [0.25, 0.3) is 0 Å². The maximum Gasteiger partial charge on any atom is 0.166 e. The van der Waals surface area contributed by atoms with Crippen molar-refractivity contribution in [2.45, 2.75) is 12.8 Å². The first-order valence-electron chi connectivity index (χ1n) is 19.1. The largest absolute Gasteiger partial charge is 0.456 e. The molecule has 0 radical (unpaired) electrons. The molecule has 0 saturated carbocycles. The average molecular weight is 719 g/mol. The first-order chi connectivity index (χ1) is 27.7. The number of benzene rings is 7. The van der Waals surface area contributed by atoms with Crippen LogP contribution >= 0.6 is 0 Å². The van der Waals surface area contributed by atoms with Crippen molar-refractivity contribution in [1.82, 2.24) is 19.5 Å². The zero-order valence-corrected chi connectivity index (χ0v) is 30.4. The van der Waals surface area contributed by atoms with E-state index in [-0.39, 0.29) is 0 Å². The summed E-state index contributed by atoms with van der Waals surface area (Å²) in [5, 5.41) is 4.61. The van der Waals surface area contributed by atoms with E-state index in [4.69, 9.17) is 19.4 Å². The summed E-state index contributed by atoms with van der Waals surface area (Å²) in [4.78, 5) is 15.5. The molecular formula is C51H34N4O. The number of hydrogen-bond donors (Lipinski definition) is 0. The first kappa shape index (κ1) is 32.1. The third-order valence-corrected chi connectivity index (χ3v) is 10.9.